The van der Waals surface area contributed by atoms with Crippen molar-refractivity contribution < 1.29 is 14.3 Å². The van der Waals surface area contributed by atoms with Gasteiger partial charge in [-0.2, -0.15) is 5.06 Å². The molecule has 5 atom stereocenters. The Labute approximate surface area is 119 Å². The third-order valence-electron chi connectivity index (χ3n) is 4.54. The summed E-state index contributed by atoms with van der Waals surface area (Å²) in [5, 5.41) is 2.16. The van der Waals surface area contributed by atoms with Crippen LogP contribution in [0, 0.1) is 0 Å². The summed E-state index contributed by atoms with van der Waals surface area (Å²) in [5.41, 5.74) is 1.33. The highest BCUT2D eigenvalue weighted by atomic mass is 16.8. The monoisotopic (exact) mass is 275 g/mol. The van der Waals surface area contributed by atoms with Gasteiger partial charge in [0.15, 0.2) is 5.79 Å². The predicted molar refractivity (Wildman–Crippen MR) is 73.8 cm³/mol. The van der Waals surface area contributed by atoms with E-state index in [0.29, 0.717) is 24.8 Å². The molecule has 1 aromatic rings. The molecule has 0 N–H and O–H groups in total. The molecule has 3 heterocycles. The number of nitrogens with zero attached hydrogens (tertiary/aromatic N) is 1. The summed E-state index contributed by atoms with van der Waals surface area (Å²) in [6.07, 6.45) is 2.57. The van der Waals surface area contributed by atoms with Gasteiger partial charge in [0.2, 0.25) is 0 Å². The fourth-order valence-corrected chi connectivity index (χ4v) is 3.64. The van der Waals surface area contributed by atoms with Crippen molar-refractivity contribution in [3.63, 3.8) is 0 Å². The van der Waals surface area contributed by atoms with E-state index in [1.807, 2.05) is 13.8 Å². The summed E-state index contributed by atoms with van der Waals surface area (Å²) >= 11 is 0. The lowest BCUT2D eigenvalue weighted by molar-refractivity contribution is -0.178. The molecule has 0 aromatic heterocycles. The van der Waals surface area contributed by atoms with E-state index >= 15 is 0 Å². The first-order valence-electron chi connectivity index (χ1n) is 7.44. The van der Waals surface area contributed by atoms with Gasteiger partial charge >= 0.3 is 0 Å². The highest BCUT2D eigenvalue weighted by molar-refractivity contribution is 5.21. The molecular formula is C16H21NO3. The zero-order valence-electron chi connectivity index (χ0n) is 12.0. The van der Waals surface area contributed by atoms with Crippen LogP contribution in [-0.4, -0.2) is 35.7 Å². The van der Waals surface area contributed by atoms with Crippen molar-refractivity contribution in [3.05, 3.63) is 35.9 Å². The first-order valence-corrected chi connectivity index (χ1v) is 7.44. The van der Waals surface area contributed by atoms with Gasteiger partial charge in [-0.1, -0.05) is 30.3 Å². The topological polar surface area (TPSA) is 30.9 Å². The van der Waals surface area contributed by atoms with E-state index in [1.165, 1.54) is 5.56 Å². The normalized spacial score (nSPS) is 42.2. The van der Waals surface area contributed by atoms with Gasteiger partial charge < -0.3 is 9.47 Å². The molecule has 0 radical (unpaired) electrons. The quantitative estimate of drug-likeness (QED) is 0.830. The van der Waals surface area contributed by atoms with Gasteiger partial charge in [-0.15, -0.1) is 0 Å². The van der Waals surface area contributed by atoms with Gasteiger partial charge in [0, 0.05) is 0 Å². The van der Waals surface area contributed by atoms with Crippen LogP contribution in [0.3, 0.4) is 0 Å². The number of ether oxygens (including phenoxy) is 2. The molecule has 0 aliphatic carbocycles. The number of fused-ring (bicyclic) bond motifs is 2. The minimum Gasteiger partial charge on any atom is -0.348 e. The van der Waals surface area contributed by atoms with E-state index < -0.39 is 5.79 Å². The van der Waals surface area contributed by atoms with E-state index in [0.717, 1.165) is 12.8 Å². The summed E-state index contributed by atoms with van der Waals surface area (Å²) in [6.45, 7) is 4.61. The van der Waals surface area contributed by atoms with Crippen molar-refractivity contribution in [1.29, 1.82) is 0 Å². The third kappa shape index (κ3) is 2.07. The lowest BCUT2D eigenvalue weighted by Gasteiger charge is -2.32. The lowest BCUT2D eigenvalue weighted by atomic mass is 9.91. The Kier molecular flexibility index (Phi) is 2.89. The van der Waals surface area contributed by atoms with E-state index in [4.69, 9.17) is 14.3 Å². The van der Waals surface area contributed by atoms with Crippen LogP contribution in [-0.2, 0) is 14.3 Å². The number of rotatable bonds is 2. The van der Waals surface area contributed by atoms with Crippen LogP contribution >= 0.6 is 0 Å². The average Bonchev–Trinajstić information content (AvgIpc) is 3.12. The van der Waals surface area contributed by atoms with E-state index in [2.05, 4.69) is 35.4 Å². The fraction of sp³-hybridized carbons (Fsp3) is 0.625. The Hall–Kier alpha value is -0.940. The maximum absolute atomic E-state index is 6.03. The van der Waals surface area contributed by atoms with Crippen molar-refractivity contribution in [3.8, 4) is 0 Å². The third-order valence-corrected chi connectivity index (χ3v) is 4.54. The van der Waals surface area contributed by atoms with E-state index in [9.17, 15) is 0 Å². The number of piperidine rings is 1. The molecule has 4 heteroatoms. The van der Waals surface area contributed by atoms with Crippen LogP contribution in [0.1, 0.15) is 38.3 Å². The molecule has 4 rings (SSSR count). The molecule has 3 aliphatic rings. The van der Waals surface area contributed by atoms with Crippen molar-refractivity contribution in [2.24, 2.45) is 0 Å². The van der Waals surface area contributed by atoms with Crippen LogP contribution in [0.4, 0.5) is 0 Å². The van der Waals surface area contributed by atoms with E-state index in [-0.39, 0.29) is 6.10 Å². The van der Waals surface area contributed by atoms with Gasteiger partial charge in [-0.25, -0.2) is 0 Å². The van der Waals surface area contributed by atoms with Crippen LogP contribution < -0.4 is 0 Å². The average molecular weight is 275 g/mol. The summed E-state index contributed by atoms with van der Waals surface area (Å²) in [6, 6.07) is 11.3. The zero-order valence-corrected chi connectivity index (χ0v) is 12.0. The summed E-state index contributed by atoms with van der Waals surface area (Å²) in [7, 11) is 0. The molecule has 2 bridgehead atoms. The van der Waals surface area contributed by atoms with Gasteiger partial charge in [0.25, 0.3) is 0 Å². The van der Waals surface area contributed by atoms with Gasteiger partial charge in [-0.05, 0) is 32.3 Å². The van der Waals surface area contributed by atoms with Crippen molar-refractivity contribution in [1.82, 2.24) is 5.06 Å². The molecule has 0 amide bonds. The highest BCUT2D eigenvalue weighted by Gasteiger charge is 2.52. The molecule has 1 unspecified atom stereocenters. The molecule has 0 saturated carbocycles. The van der Waals surface area contributed by atoms with E-state index in [1.54, 1.807) is 0 Å². The molecule has 3 fully saturated rings. The van der Waals surface area contributed by atoms with Crippen molar-refractivity contribution in [2.45, 2.75) is 56.8 Å². The number of benzene rings is 1. The summed E-state index contributed by atoms with van der Waals surface area (Å²) < 4.78 is 11.7. The molecule has 4 nitrogen and oxygen atoms in total. The molecule has 1 aromatic carbocycles. The van der Waals surface area contributed by atoms with Gasteiger partial charge in [0.05, 0.1) is 24.8 Å². The molecule has 20 heavy (non-hydrogen) atoms. The summed E-state index contributed by atoms with van der Waals surface area (Å²) in [4.78, 5) is 6.03. The Morgan fingerprint density at radius 3 is 2.60 bits per heavy atom. The Balaban J connectivity index is 1.54. The second-order valence-electron chi connectivity index (χ2n) is 6.42. The number of hydroxylamine groups is 2. The van der Waals surface area contributed by atoms with Crippen LogP contribution in [0.5, 0.6) is 0 Å². The predicted octanol–water partition coefficient (Wildman–Crippen LogP) is 2.66. The Morgan fingerprint density at radius 2 is 1.95 bits per heavy atom. The van der Waals surface area contributed by atoms with Crippen LogP contribution in [0.2, 0.25) is 0 Å². The highest BCUT2D eigenvalue weighted by Crippen LogP contribution is 2.46. The fourth-order valence-electron chi connectivity index (χ4n) is 3.64. The van der Waals surface area contributed by atoms with Crippen LogP contribution in [0.25, 0.3) is 0 Å². The SMILES string of the molecule is CC1(C)OC[C@H]([C@H]2C[C@@H]3C[C@H](c4ccccc4)N2O3)O1. The second-order valence-corrected chi connectivity index (χ2v) is 6.42. The maximum Gasteiger partial charge on any atom is 0.163 e. The molecular weight excluding hydrogens is 254 g/mol. The van der Waals surface area contributed by atoms with Gasteiger partial charge in [-0.3, -0.25) is 4.84 Å². The largest absolute Gasteiger partial charge is 0.348 e. The maximum atomic E-state index is 6.03. The van der Waals surface area contributed by atoms with Crippen LogP contribution in [0.15, 0.2) is 30.3 Å². The standard InChI is InChI=1S/C16H21NO3/c1-16(2)18-10-15(19-16)14-9-12-8-13(17(14)20-12)11-6-4-3-5-7-11/h3-7,12-15H,8-10H2,1-2H3/t12-,13+,14+,15+/m0/s1. The molecule has 0 spiro atoms. The van der Waals surface area contributed by atoms with Gasteiger partial charge in [0.1, 0.15) is 6.10 Å². The number of hydrogen-bond acceptors (Lipinski definition) is 4. The second kappa shape index (κ2) is 4.53. The van der Waals surface area contributed by atoms with Crippen molar-refractivity contribution in [2.75, 3.05) is 6.61 Å². The Bertz CT molecular complexity index is 490. The Morgan fingerprint density at radius 1 is 1.15 bits per heavy atom. The zero-order chi connectivity index (χ0) is 13.7. The van der Waals surface area contributed by atoms with Crippen molar-refractivity contribution >= 4 is 0 Å². The minimum absolute atomic E-state index is 0.113. The minimum atomic E-state index is -0.462. The first kappa shape index (κ1) is 12.8. The first-order chi connectivity index (χ1) is 9.62. The smallest absolute Gasteiger partial charge is 0.163 e. The molecule has 3 aliphatic heterocycles. The lowest BCUT2D eigenvalue weighted by Crippen LogP contribution is -2.43. The summed E-state index contributed by atoms with van der Waals surface area (Å²) in [5.74, 6) is -0.462. The molecule has 3 saturated heterocycles. The molecule has 108 valence electrons. The number of hydrogen-bond donors (Lipinski definition) is 0.